The Morgan fingerprint density at radius 1 is 1.22 bits per heavy atom. The Bertz CT molecular complexity index is 852. The third kappa shape index (κ3) is 5.52. The van der Waals surface area contributed by atoms with Gasteiger partial charge in [0.15, 0.2) is 6.61 Å². The van der Waals surface area contributed by atoms with Crippen LogP contribution in [0.3, 0.4) is 0 Å². The quantitative estimate of drug-likeness (QED) is 0.440. The predicted molar refractivity (Wildman–Crippen MR) is 101 cm³/mol. The summed E-state index contributed by atoms with van der Waals surface area (Å²) in [6.07, 6.45) is 0.923. The van der Waals surface area contributed by atoms with Gasteiger partial charge < -0.3 is 10.1 Å². The normalized spacial score (nSPS) is 11.5. The van der Waals surface area contributed by atoms with Gasteiger partial charge in [0.05, 0.1) is 11.0 Å². The summed E-state index contributed by atoms with van der Waals surface area (Å²) in [5.41, 5.74) is 1.37. The maximum absolute atomic E-state index is 12.1. The third-order valence-electron chi connectivity index (χ3n) is 3.98. The first-order valence-corrected chi connectivity index (χ1v) is 8.69. The molecule has 0 aliphatic carbocycles. The molecule has 2 aromatic rings. The first-order chi connectivity index (χ1) is 12.8. The second-order valence-corrected chi connectivity index (χ2v) is 6.32. The molecule has 0 aromatic heterocycles. The number of carbonyl (C=O) groups is 2. The number of halogens is 1. The fourth-order valence-electron chi connectivity index (χ4n) is 2.45. The Hall–Kier alpha value is -2.93. The van der Waals surface area contributed by atoms with Crippen LogP contribution >= 0.6 is 11.6 Å². The summed E-state index contributed by atoms with van der Waals surface area (Å²) in [4.78, 5) is 34.4. The van der Waals surface area contributed by atoms with Crippen LogP contribution in [0.25, 0.3) is 0 Å². The lowest BCUT2D eigenvalue weighted by Crippen LogP contribution is -2.31. The fraction of sp³-hybridized carbons (Fsp3) is 0.263. The molecule has 0 radical (unpaired) electrons. The van der Waals surface area contributed by atoms with Crippen molar-refractivity contribution in [2.45, 2.75) is 26.3 Å². The van der Waals surface area contributed by atoms with Gasteiger partial charge in [-0.1, -0.05) is 42.8 Å². The minimum atomic E-state index is -0.987. The number of nitro benzene ring substituents is 1. The van der Waals surface area contributed by atoms with E-state index in [9.17, 15) is 19.7 Å². The highest BCUT2D eigenvalue weighted by atomic mass is 35.5. The molecule has 0 saturated heterocycles. The molecule has 0 unspecified atom stereocenters. The van der Waals surface area contributed by atoms with E-state index in [2.05, 4.69) is 12.2 Å². The Balaban J connectivity index is 1.96. The Kier molecular flexibility index (Phi) is 6.90. The molecule has 7 nitrogen and oxygen atoms in total. The highest BCUT2D eigenvalue weighted by molar-refractivity contribution is 6.31. The molecule has 0 saturated carbocycles. The lowest BCUT2D eigenvalue weighted by molar-refractivity contribution is -0.385. The van der Waals surface area contributed by atoms with E-state index in [0.717, 1.165) is 24.1 Å². The molecule has 1 atom stereocenters. The minimum Gasteiger partial charge on any atom is -0.452 e. The maximum atomic E-state index is 12.1. The minimum absolute atomic E-state index is 0.154. The van der Waals surface area contributed by atoms with Gasteiger partial charge in [0.1, 0.15) is 5.56 Å². The number of rotatable bonds is 7. The largest absolute Gasteiger partial charge is 0.452 e. The van der Waals surface area contributed by atoms with Crippen LogP contribution < -0.4 is 5.32 Å². The number of ether oxygens (including phenoxy) is 1. The van der Waals surface area contributed by atoms with Gasteiger partial charge in [-0.25, -0.2) is 4.79 Å². The Labute approximate surface area is 161 Å². The number of hydrogen-bond acceptors (Lipinski definition) is 5. The SMILES string of the molecule is CCc1ccc([C@@H](C)NC(=O)COC(=O)c2cc(Cl)ccc2[N+](=O)[O-])cc1. The lowest BCUT2D eigenvalue weighted by atomic mass is 10.1. The average Bonchev–Trinajstić information content (AvgIpc) is 2.65. The number of hydrogen-bond donors (Lipinski definition) is 1. The molecular formula is C19H19ClN2O5. The molecule has 0 fully saturated rings. The summed E-state index contributed by atoms with van der Waals surface area (Å²) in [5.74, 6) is -1.50. The van der Waals surface area contributed by atoms with Gasteiger partial charge in [-0.15, -0.1) is 0 Å². The summed E-state index contributed by atoms with van der Waals surface area (Å²) in [5, 5.41) is 13.9. The first-order valence-electron chi connectivity index (χ1n) is 8.31. The lowest BCUT2D eigenvalue weighted by Gasteiger charge is -2.15. The standard InChI is InChI=1S/C19H19ClN2O5/c1-3-13-4-6-14(7-5-13)12(2)21-18(23)11-27-19(24)16-10-15(20)8-9-17(16)22(25)26/h4-10,12H,3,11H2,1-2H3,(H,21,23)/t12-/m1/s1. The van der Waals surface area contributed by atoms with E-state index < -0.39 is 29.1 Å². The van der Waals surface area contributed by atoms with Crippen molar-refractivity contribution in [2.24, 2.45) is 0 Å². The van der Waals surface area contributed by atoms with Crippen molar-refractivity contribution in [1.82, 2.24) is 5.32 Å². The molecule has 2 rings (SSSR count). The van der Waals surface area contributed by atoms with E-state index in [-0.39, 0.29) is 16.6 Å². The van der Waals surface area contributed by atoms with E-state index >= 15 is 0 Å². The zero-order chi connectivity index (χ0) is 20.0. The van der Waals surface area contributed by atoms with Crippen molar-refractivity contribution in [3.05, 3.63) is 74.3 Å². The zero-order valence-electron chi connectivity index (χ0n) is 14.9. The molecule has 0 heterocycles. The molecule has 2 aromatic carbocycles. The Morgan fingerprint density at radius 3 is 2.48 bits per heavy atom. The second kappa shape index (κ2) is 9.14. The molecule has 27 heavy (non-hydrogen) atoms. The summed E-state index contributed by atoms with van der Waals surface area (Å²) >= 11 is 5.78. The van der Waals surface area contributed by atoms with Crippen molar-refractivity contribution in [1.29, 1.82) is 0 Å². The van der Waals surface area contributed by atoms with Gasteiger partial charge >= 0.3 is 5.97 Å². The van der Waals surface area contributed by atoms with Crippen LogP contribution in [0.15, 0.2) is 42.5 Å². The van der Waals surface area contributed by atoms with Gasteiger partial charge in [-0.2, -0.15) is 0 Å². The number of esters is 1. The first kappa shape index (κ1) is 20.4. The molecule has 1 N–H and O–H groups in total. The summed E-state index contributed by atoms with van der Waals surface area (Å²) in [7, 11) is 0. The third-order valence-corrected chi connectivity index (χ3v) is 4.21. The highest BCUT2D eigenvalue weighted by Crippen LogP contribution is 2.23. The smallest absolute Gasteiger partial charge is 0.345 e. The van der Waals surface area contributed by atoms with Crippen LogP contribution in [0.1, 0.15) is 41.4 Å². The number of carbonyl (C=O) groups excluding carboxylic acids is 2. The van der Waals surface area contributed by atoms with Crippen molar-refractivity contribution in [3.8, 4) is 0 Å². The molecule has 8 heteroatoms. The van der Waals surface area contributed by atoms with E-state index in [0.29, 0.717) is 0 Å². The van der Waals surface area contributed by atoms with E-state index in [1.807, 2.05) is 31.2 Å². The number of aryl methyl sites for hydroxylation is 1. The number of nitrogens with one attached hydrogen (secondary N) is 1. The van der Waals surface area contributed by atoms with Gasteiger partial charge in [0.2, 0.25) is 0 Å². The van der Waals surface area contributed by atoms with Gasteiger partial charge in [-0.3, -0.25) is 14.9 Å². The molecule has 0 aliphatic rings. The van der Waals surface area contributed by atoms with Crippen molar-refractivity contribution in [3.63, 3.8) is 0 Å². The van der Waals surface area contributed by atoms with Crippen LogP contribution in [0, 0.1) is 10.1 Å². The van der Waals surface area contributed by atoms with Crippen LogP contribution in [-0.4, -0.2) is 23.4 Å². The topological polar surface area (TPSA) is 98.5 Å². The van der Waals surface area contributed by atoms with Crippen LogP contribution in [0.4, 0.5) is 5.69 Å². The van der Waals surface area contributed by atoms with Crippen molar-refractivity contribution < 1.29 is 19.2 Å². The number of benzene rings is 2. The summed E-state index contributed by atoms with van der Waals surface area (Å²) in [6, 6.07) is 11.1. The van der Waals surface area contributed by atoms with Gasteiger partial charge in [-0.05, 0) is 36.6 Å². The predicted octanol–water partition coefficient (Wildman–Crippen LogP) is 3.84. The highest BCUT2D eigenvalue weighted by Gasteiger charge is 2.22. The van der Waals surface area contributed by atoms with Crippen LogP contribution in [-0.2, 0) is 16.0 Å². The molecule has 1 amide bonds. The van der Waals surface area contributed by atoms with Gasteiger partial charge in [0, 0.05) is 11.1 Å². The number of nitrogens with zero attached hydrogens (tertiary/aromatic N) is 1. The van der Waals surface area contributed by atoms with E-state index in [1.54, 1.807) is 0 Å². The molecular weight excluding hydrogens is 372 g/mol. The van der Waals surface area contributed by atoms with Crippen molar-refractivity contribution >= 4 is 29.2 Å². The molecule has 0 bridgehead atoms. The van der Waals surface area contributed by atoms with Crippen LogP contribution in [0.2, 0.25) is 5.02 Å². The number of amides is 1. The van der Waals surface area contributed by atoms with Crippen molar-refractivity contribution in [2.75, 3.05) is 6.61 Å². The molecule has 0 aliphatic heterocycles. The fourth-order valence-corrected chi connectivity index (χ4v) is 2.62. The van der Waals surface area contributed by atoms with Gasteiger partial charge in [0.25, 0.3) is 11.6 Å². The van der Waals surface area contributed by atoms with Crippen LogP contribution in [0.5, 0.6) is 0 Å². The summed E-state index contributed by atoms with van der Waals surface area (Å²) < 4.78 is 4.89. The Morgan fingerprint density at radius 2 is 1.89 bits per heavy atom. The zero-order valence-corrected chi connectivity index (χ0v) is 15.7. The van der Waals surface area contributed by atoms with E-state index in [1.165, 1.54) is 11.6 Å². The van der Waals surface area contributed by atoms with E-state index in [4.69, 9.17) is 16.3 Å². The average molecular weight is 391 g/mol. The monoisotopic (exact) mass is 390 g/mol. The maximum Gasteiger partial charge on any atom is 0.345 e. The molecule has 0 spiro atoms. The second-order valence-electron chi connectivity index (χ2n) is 5.88. The summed E-state index contributed by atoms with van der Waals surface area (Å²) in [6.45, 7) is 3.31. The molecule has 142 valence electrons. The number of nitro groups is 1.